The van der Waals surface area contributed by atoms with Gasteiger partial charge in [-0.2, -0.15) is 13.2 Å². The minimum absolute atomic E-state index is 0.797. The van der Waals surface area contributed by atoms with Crippen LogP contribution in [-0.2, 0) is 9.59 Å². The maximum atomic E-state index is 11.4. The van der Waals surface area contributed by atoms with E-state index in [4.69, 9.17) is 0 Å². The van der Waals surface area contributed by atoms with Crippen molar-refractivity contribution in [2.45, 2.75) is 6.18 Å². The van der Waals surface area contributed by atoms with Gasteiger partial charge in [-0.1, -0.05) is 0 Å². The van der Waals surface area contributed by atoms with Gasteiger partial charge in [0.05, 0.1) is 6.54 Å². The average Bonchev–Trinajstić information content (AvgIpc) is 1.97. The Labute approximate surface area is 65.1 Å². The molecule has 0 aliphatic heterocycles. The van der Waals surface area contributed by atoms with Gasteiger partial charge in [-0.05, 0) is 0 Å². The van der Waals surface area contributed by atoms with Crippen molar-refractivity contribution >= 4 is 11.8 Å². The lowest BCUT2D eigenvalue weighted by atomic mass is 10.5. The van der Waals surface area contributed by atoms with Crippen molar-refractivity contribution in [2.75, 3.05) is 6.54 Å². The van der Waals surface area contributed by atoms with E-state index in [9.17, 15) is 22.8 Å². The Morgan fingerprint density at radius 2 is 1.83 bits per heavy atom. The number of hydrazine groups is 1. The van der Waals surface area contributed by atoms with E-state index in [0.717, 1.165) is 0 Å². The Balaban J connectivity index is 3.81. The normalized spacial score (nSPS) is 10.7. The van der Waals surface area contributed by atoms with Gasteiger partial charge in [0.25, 0.3) is 5.91 Å². The van der Waals surface area contributed by atoms with Crippen LogP contribution < -0.4 is 16.6 Å². The summed E-state index contributed by atoms with van der Waals surface area (Å²) in [5, 5.41) is 1.32. The van der Waals surface area contributed by atoms with Gasteiger partial charge >= 0.3 is 12.1 Å². The average molecular weight is 185 g/mol. The van der Waals surface area contributed by atoms with Crippen LogP contribution in [0.3, 0.4) is 0 Å². The van der Waals surface area contributed by atoms with E-state index >= 15 is 0 Å². The molecule has 0 unspecified atom stereocenters. The first-order chi connectivity index (χ1) is 5.38. The lowest BCUT2D eigenvalue weighted by Crippen LogP contribution is -2.44. The maximum Gasteiger partial charge on any atom is 0.471 e. The van der Waals surface area contributed by atoms with Crippen molar-refractivity contribution in [2.24, 2.45) is 5.84 Å². The lowest BCUT2D eigenvalue weighted by molar-refractivity contribution is -0.173. The quantitative estimate of drug-likeness (QED) is 0.282. The van der Waals surface area contributed by atoms with Crippen molar-refractivity contribution in [1.82, 2.24) is 10.7 Å². The molecule has 2 amide bonds. The number of hydrogen-bond donors (Lipinski definition) is 3. The van der Waals surface area contributed by atoms with E-state index in [1.165, 1.54) is 5.32 Å². The summed E-state index contributed by atoms with van der Waals surface area (Å²) in [6.45, 7) is -0.797. The van der Waals surface area contributed by atoms with E-state index < -0.39 is 24.5 Å². The van der Waals surface area contributed by atoms with E-state index in [1.54, 1.807) is 5.43 Å². The van der Waals surface area contributed by atoms with Crippen LogP contribution >= 0.6 is 0 Å². The molecule has 0 fully saturated rings. The third kappa shape index (κ3) is 3.76. The van der Waals surface area contributed by atoms with Gasteiger partial charge in [-0.15, -0.1) is 0 Å². The summed E-state index contributed by atoms with van der Waals surface area (Å²) in [6, 6.07) is 0. The van der Waals surface area contributed by atoms with E-state index in [1.807, 2.05) is 0 Å². The zero-order chi connectivity index (χ0) is 9.78. The van der Waals surface area contributed by atoms with Crippen molar-refractivity contribution < 1.29 is 22.8 Å². The van der Waals surface area contributed by atoms with Crippen LogP contribution in [0.5, 0.6) is 0 Å². The summed E-state index contributed by atoms with van der Waals surface area (Å²) >= 11 is 0. The lowest BCUT2D eigenvalue weighted by Gasteiger charge is -2.05. The third-order valence-electron chi connectivity index (χ3n) is 0.828. The highest BCUT2D eigenvalue weighted by Crippen LogP contribution is 2.13. The molecule has 0 spiro atoms. The van der Waals surface area contributed by atoms with Gasteiger partial charge < -0.3 is 5.32 Å². The van der Waals surface area contributed by atoms with E-state index in [0.29, 0.717) is 0 Å². The molecule has 4 N–H and O–H groups in total. The van der Waals surface area contributed by atoms with E-state index in [-0.39, 0.29) is 0 Å². The molecular formula is C4H6F3N3O2. The smallest absolute Gasteiger partial charge is 0.339 e. The van der Waals surface area contributed by atoms with Gasteiger partial charge in [0.1, 0.15) is 0 Å². The topological polar surface area (TPSA) is 84.2 Å². The highest BCUT2D eigenvalue weighted by molar-refractivity contribution is 5.87. The second kappa shape index (κ2) is 3.90. The number of carbonyl (C=O) groups is 2. The molecular weight excluding hydrogens is 179 g/mol. The minimum atomic E-state index is -4.98. The minimum Gasteiger partial charge on any atom is -0.339 e. The van der Waals surface area contributed by atoms with Crippen LogP contribution in [0.25, 0.3) is 0 Å². The molecule has 70 valence electrons. The molecule has 0 radical (unpaired) electrons. The van der Waals surface area contributed by atoms with Crippen molar-refractivity contribution in [3.05, 3.63) is 0 Å². The third-order valence-corrected chi connectivity index (χ3v) is 0.828. The first kappa shape index (κ1) is 10.7. The van der Waals surface area contributed by atoms with Gasteiger partial charge in [-0.3, -0.25) is 15.0 Å². The summed E-state index contributed by atoms with van der Waals surface area (Å²) in [4.78, 5) is 20.3. The Bertz CT molecular complexity index is 190. The van der Waals surface area contributed by atoms with Crippen LogP contribution in [0.2, 0.25) is 0 Å². The second-order valence-electron chi connectivity index (χ2n) is 1.75. The fourth-order valence-corrected chi connectivity index (χ4v) is 0.312. The fourth-order valence-electron chi connectivity index (χ4n) is 0.312. The van der Waals surface area contributed by atoms with Crippen molar-refractivity contribution in [1.29, 1.82) is 0 Å². The number of hydrogen-bond acceptors (Lipinski definition) is 3. The molecule has 5 nitrogen and oxygen atoms in total. The van der Waals surface area contributed by atoms with Gasteiger partial charge in [-0.25, -0.2) is 5.84 Å². The molecule has 0 bridgehead atoms. The number of amides is 2. The molecule has 0 aromatic carbocycles. The summed E-state index contributed by atoms with van der Waals surface area (Å²) in [5.74, 6) is 1.45. The van der Waals surface area contributed by atoms with Crippen LogP contribution in [0, 0.1) is 0 Å². The van der Waals surface area contributed by atoms with Crippen LogP contribution in [0.15, 0.2) is 0 Å². The molecule has 0 heterocycles. The highest BCUT2D eigenvalue weighted by atomic mass is 19.4. The van der Waals surface area contributed by atoms with Crippen LogP contribution in [0.4, 0.5) is 13.2 Å². The van der Waals surface area contributed by atoms with Crippen molar-refractivity contribution in [3.8, 4) is 0 Å². The standard InChI is InChI=1S/C4H6F3N3O2/c5-4(6,7)3(12)9-1-2(11)10-8/h1,8H2,(H,9,12)(H,10,11). The van der Waals surface area contributed by atoms with Crippen molar-refractivity contribution in [3.63, 3.8) is 0 Å². The summed E-state index contributed by atoms with van der Waals surface area (Å²) in [7, 11) is 0. The Kier molecular flexibility index (Phi) is 3.48. The second-order valence-corrected chi connectivity index (χ2v) is 1.75. The van der Waals surface area contributed by atoms with Gasteiger partial charge in [0.15, 0.2) is 0 Å². The number of nitrogens with one attached hydrogen (secondary N) is 2. The zero-order valence-electron chi connectivity index (χ0n) is 5.73. The molecule has 0 aliphatic rings. The molecule has 12 heavy (non-hydrogen) atoms. The van der Waals surface area contributed by atoms with Gasteiger partial charge in [0.2, 0.25) is 0 Å². The maximum absolute atomic E-state index is 11.4. The predicted molar refractivity (Wildman–Crippen MR) is 31.4 cm³/mol. The zero-order valence-corrected chi connectivity index (χ0v) is 5.73. The SMILES string of the molecule is NNC(=O)CNC(=O)C(F)(F)F. The monoisotopic (exact) mass is 185 g/mol. The molecule has 0 aliphatic carbocycles. The predicted octanol–water partition coefficient (Wildman–Crippen LogP) is -1.35. The summed E-state index contributed by atoms with van der Waals surface area (Å²) in [6.07, 6.45) is -4.98. The Morgan fingerprint density at radius 1 is 1.33 bits per heavy atom. The number of rotatable bonds is 2. The van der Waals surface area contributed by atoms with Crippen LogP contribution in [0.1, 0.15) is 0 Å². The summed E-state index contributed by atoms with van der Waals surface area (Å²) in [5.41, 5.74) is 1.55. The largest absolute Gasteiger partial charge is 0.471 e. The highest BCUT2D eigenvalue weighted by Gasteiger charge is 2.38. The number of carbonyl (C=O) groups excluding carboxylic acids is 2. The number of nitrogens with two attached hydrogens (primary N) is 1. The molecule has 8 heteroatoms. The molecule has 0 aromatic heterocycles. The first-order valence-electron chi connectivity index (χ1n) is 2.72. The number of halogens is 3. The Hall–Kier alpha value is -1.31. The van der Waals surface area contributed by atoms with E-state index in [2.05, 4.69) is 5.84 Å². The molecule has 0 rings (SSSR count). The number of alkyl halides is 3. The molecule has 0 atom stereocenters. The molecule has 0 saturated carbocycles. The summed E-state index contributed by atoms with van der Waals surface area (Å²) < 4.78 is 34.3. The fraction of sp³-hybridized carbons (Fsp3) is 0.500. The molecule has 0 saturated heterocycles. The molecule has 0 aromatic rings. The van der Waals surface area contributed by atoms with Gasteiger partial charge in [0, 0.05) is 0 Å². The Morgan fingerprint density at radius 3 is 2.17 bits per heavy atom. The first-order valence-corrected chi connectivity index (χ1v) is 2.72. The van der Waals surface area contributed by atoms with Crippen LogP contribution in [-0.4, -0.2) is 24.5 Å².